The summed E-state index contributed by atoms with van der Waals surface area (Å²) >= 11 is 1.19. The summed E-state index contributed by atoms with van der Waals surface area (Å²) in [4.78, 5) is 18.5. The standard InChI is InChI=1S/C21H21N3O6S2/c1-28-15-11-16(29-2)13-17(12-15)30-19-7-9-24(20(19)25)14-3-5-18(6-4-14)32(26,27)23-21-22-8-10-31-21/h3-6,8,10-13,19H,7,9H2,1-2H3,(H,22,23). The third-order valence-corrected chi connectivity index (χ3v) is 7.04. The van der Waals surface area contributed by atoms with Crippen LogP contribution in [-0.2, 0) is 14.8 Å². The van der Waals surface area contributed by atoms with Crippen molar-refractivity contribution in [3.63, 3.8) is 0 Å². The molecular formula is C21H21N3O6S2. The molecule has 1 aliphatic heterocycles. The molecule has 168 valence electrons. The molecule has 1 amide bonds. The van der Waals surface area contributed by atoms with Gasteiger partial charge in [-0.15, -0.1) is 11.3 Å². The first-order chi connectivity index (χ1) is 15.4. The van der Waals surface area contributed by atoms with Crippen LogP contribution in [0.15, 0.2) is 58.9 Å². The number of hydrogen-bond donors (Lipinski definition) is 1. The number of methoxy groups -OCH3 is 2. The number of hydrogen-bond acceptors (Lipinski definition) is 8. The second kappa shape index (κ2) is 9.05. The third kappa shape index (κ3) is 4.63. The number of carbonyl (C=O) groups excluding carboxylic acids is 1. The number of amides is 1. The van der Waals surface area contributed by atoms with Crippen LogP contribution in [0.25, 0.3) is 0 Å². The molecule has 32 heavy (non-hydrogen) atoms. The van der Waals surface area contributed by atoms with E-state index in [1.54, 1.807) is 40.6 Å². The van der Waals surface area contributed by atoms with E-state index >= 15 is 0 Å². The molecule has 1 N–H and O–H groups in total. The Labute approximate surface area is 189 Å². The summed E-state index contributed by atoms with van der Waals surface area (Å²) in [5.74, 6) is 1.38. The Morgan fingerprint density at radius 3 is 2.31 bits per heavy atom. The minimum Gasteiger partial charge on any atom is -0.496 e. The molecule has 4 rings (SSSR count). The quantitative estimate of drug-likeness (QED) is 0.533. The van der Waals surface area contributed by atoms with E-state index in [-0.39, 0.29) is 15.9 Å². The largest absolute Gasteiger partial charge is 0.496 e. The highest BCUT2D eigenvalue weighted by atomic mass is 32.2. The molecule has 1 unspecified atom stereocenters. The normalized spacial score (nSPS) is 16.1. The Kier molecular flexibility index (Phi) is 6.19. The second-order valence-electron chi connectivity index (χ2n) is 6.87. The fourth-order valence-electron chi connectivity index (χ4n) is 3.29. The molecule has 1 atom stereocenters. The average molecular weight is 476 g/mol. The van der Waals surface area contributed by atoms with Crippen molar-refractivity contribution in [2.75, 3.05) is 30.4 Å². The molecule has 1 saturated heterocycles. The maximum atomic E-state index is 12.9. The Morgan fingerprint density at radius 2 is 1.72 bits per heavy atom. The molecule has 0 bridgehead atoms. The van der Waals surface area contributed by atoms with E-state index in [0.29, 0.717) is 35.9 Å². The van der Waals surface area contributed by atoms with E-state index in [2.05, 4.69) is 9.71 Å². The number of anilines is 2. The fraction of sp³-hybridized carbons (Fsp3) is 0.238. The zero-order valence-electron chi connectivity index (χ0n) is 17.3. The molecule has 0 aliphatic carbocycles. The van der Waals surface area contributed by atoms with Gasteiger partial charge in [0, 0.05) is 48.4 Å². The smallest absolute Gasteiger partial charge is 0.268 e. The van der Waals surface area contributed by atoms with Crippen LogP contribution in [0.1, 0.15) is 6.42 Å². The lowest BCUT2D eigenvalue weighted by atomic mass is 10.2. The van der Waals surface area contributed by atoms with Gasteiger partial charge in [0.15, 0.2) is 11.2 Å². The third-order valence-electron chi connectivity index (χ3n) is 4.87. The van der Waals surface area contributed by atoms with Crippen LogP contribution in [0.5, 0.6) is 17.2 Å². The van der Waals surface area contributed by atoms with Crippen molar-refractivity contribution in [3.8, 4) is 17.2 Å². The summed E-state index contributed by atoms with van der Waals surface area (Å²) in [5, 5.41) is 1.97. The molecule has 1 fully saturated rings. The van der Waals surface area contributed by atoms with E-state index in [9.17, 15) is 13.2 Å². The summed E-state index contributed by atoms with van der Waals surface area (Å²) in [5.41, 5.74) is 0.595. The summed E-state index contributed by atoms with van der Waals surface area (Å²) in [7, 11) is -0.678. The fourth-order valence-corrected chi connectivity index (χ4v) is 5.07. The molecular weight excluding hydrogens is 454 g/mol. The zero-order valence-corrected chi connectivity index (χ0v) is 19.0. The Hall–Kier alpha value is -3.31. The maximum absolute atomic E-state index is 12.9. The minimum atomic E-state index is -3.76. The highest BCUT2D eigenvalue weighted by Crippen LogP contribution is 2.31. The van der Waals surface area contributed by atoms with E-state index in [4.69, 9.17) is 14.2 Å². The number of nitrogens with zero attached hydrogens (tertiary/aromatic N) is 2. The topological polar surface area (TPSA) is 107 Å². The summed E-state index contributed by atoms with van der Waals surface area (Å²) in [6, 6.07) is 11.2. The number of rotatable bonds is 8. The van der Waals surface area contributed by atoms with Crippen molar-refractivity contribution < 1.29 is 27.4 Å². The van der Waals surface area contributed by atoms with Crippen molar-refractivity contribution in [3.05, 3.63) is 54.0 Å². The molecule has 2 heterocycles. The molecule has 1 aromatic heterocycles. The first-order valence-electron chi connectivity index (χ1n) is 9.63. The Bertz CT molecular complexity index is 1170. The van der Waals surface area contributed by atoms with Gasteiger partial charge in [0.2, 0.25) is 0 Å². The van der Waals surface area contributed by atoms with Crippen LogP contribution >= 0.6 is 11.3 Å². The van der Waals surface area contributed by atoms with Crippen molar-refractivity contribution >= 4 is 38.1 Å². The maximum Gasteiger partial charge on any atom is 0.268 e. The van der Waals surface area contributed by atoms with Crippen molar-refractivity contribution in [2.45, 2.75) is 17.4 Å². The number of benzene rings is 2. The van der Waals surface area contributed by atoms with Gasteiger partial charge >= 0.3 is 0 Å². The van der Waals surface area contributed by atoms with Crippen LogP contribution in [0, 0.1) is 0 Å². The Balaban J connectivity index is 1.46. The van der Waals surface area contributed by atoms with Gasteiger partial charge in [-0.3, -0.25) is 9.52 Å². The van der Waals surface area contributed by atoms with Gasteiger partial charge < -0.3 is 19.1 Å². The number of carbonyl (C=O) groups is 1. The van der Waals surface area contributed by atoms with E-state index in [1.165, 1.54) is 43.9 Å². The zero-order chi connectivity index (χ0) is 22.7. The molecule has 0 saturated carbocycles. The molecule has 11 heteroatoms. The van der Waals surface area contributed by atoms with E-state index in [1.807, 2.05) is 0 Å². The lowest BCUT2D eigenvalue weighted by molar-refractivity contribution is -0.122. The van der Waals surface area contributed by atoms with Crippen LogP contribution in [0.3, 0.4) is 0 Å². The number of ether oxygens (including phenoxy) is 3. The van der Waals surface area contributed by atoms with Gasteiger partial charge in [0.1, 0.15) is 17.2 Å². The summed E-state index contributed by atoms with van der Waals surface area (Å²) in [6.07, 6.45) is 1.34. The van der Waals surface area contributed by atoms with E-state index in [0.717, 1.165) is 0 Å². The monoisotopic (exact) mass is 475 g/mol. The number of thiazole rings is 1. The predicted molar refractivity (Wildman–Crippen MR) is 120 cm³/mol. The van der Waals surface area contributed by atoms with Crippen molar-refractivity contribution in [1.29, 1.82) is 0 Å². The molecule has 2 aromatic carbocycles. The molecule has 0 spiro atoms. The molecule has 1 aliphatic rings. The molecule has 9 nitrogen and oxygen atoms in total. The van der Waals surface area contributed by atoms with Gasteiger partial charge in [-0.1, -0.05) is 0 Å². The summed E-state index contributed by atoms with van der Waals surface area (Å²) in [6.45, 7) is 0.452. The van der Waals surface area contributed by atoms with Gasteiger partial charge in [-0.25, -0.2) is 13.4 Å². The van der Waals surface area contributed by atoms with Gasteiger partial charge in [0.05, 0.1) is 19.1 Å². The van der Waals surface area contributed by atoms with E-state index < -0.39 is 16.1 Å². The number of sulfonamides is 1. The number of nitrogens with one attached hydrogen (secondary N) is 1. The van der Waals surface area contributed by atoms with Gasteiger partial charge in [-0.2, -0.15) is 0 Å². The lowest BCUT2D eigenvalue weighted by Gasteiger charge is -2.18. The molecule has 0 radical (unpaired) electrons. The minimum absolute atomic E-state index is 0.0828. The van der Waals surface area contributed by atoms with Crippen LogP contribution in [-0.4, -0.2) is 46.2 Å². The predicted octanol–water partition coefficient (Wildman–Crippen LogP) is 3.15. The van der Waals surface area contributed by atoms with Crippen molar-refractivity contribution in [2.24, 2.45) is 0 Å². The highest BCUT2D eigenvalue weighted by molar-refractivity contribution is 7.93. The van der Waals surface area contributed by atoms with Crippen LogP contribution in [0.4, 0.5) is 10.8 Å². The van der Waals surface area contributed by atoms with Crippen LogP contribution in [0.2, 0.25) is 0 Å². The van der Waals surface area contributed by atoms with Gasteiger partial charge in [-0.05, 0) is 24.3 Å². The van der Waals surface area contributed by atoms with Crippen LogP contribution < -0.4 is 23.8 Å². The first kappa shape index (κ1) is 21.9. The SMILES string of the molecule is COc1cc(OC)cc(OC2CCN(c3ccc(S(=O)(=O)Nc4nccs4)cc3)C2=O)c1. The molecule has 3 aromatic rings. The number of aromatic nitrogens is 1. The summed E-state index contributed by atoms with van der Waals surface area (Å²) < 4.78 is 43.8. The highest BCUT2D eigenvalue weighted by Gasteiger charge is 2.34. The second-order valence-corrected chi connectivity index (χ2v) is 9.45. The average Bonchev–Trinajstić information content (AvgIpc) is 3.43. The Morgan fingerprint density at radius 1 is 1.06 bits per heavy atom. The van der Waals surface area contributed by atoms with Gasteiger partial charge in [0.25, 0.3) is 15.9 Å². The van der Waals surface area contributed by atoms with Crippen molar-refractivity contribution in [1.82, 2.24) is 4.98 Å². The lowest BCUT2D eigenvalue weighted by Crippen LogP contribution is -2.32. The first-order valence-corrected chi connectivity index (χ1v) is 12.0.